The minimum Gasteiger partial charge on any atom is -0.493 e. The Morgan fingerprint density at radius 1 is 0.929 bits per heavy atom. The maximum Gasteiger partial charge on any atom is 0.133 e. The molecule has 0 radical (unpaired) electrons. The summed E-state index contributed by atoms with van der Waals surface area (Å²) in [5, 5.41) is 0. The molecular weight excluding hydrogens is 353 g/mol. The van der Waals surface area contributed by atoms with E-state index in [-0.39, 0.29) is 5.82 Å². The van der Waals surface area contributed by atoms with Gasteiger partial charge in [-0.15, -0.1) is 0 Å². The van der Waals surface area contributed by atoms with E-state index < -0.39 is 0 Å². The first kappa shape index (κ1) is 18.5. The minimum atomic E-state index is -0.276. The Morgan fingerprint density at radius 3 is 2.25 bits per heavy atom. The summed E-state index contributed by atoms with van der Waals surface area (Å²) in [5.41, 5.74) is 5.58. The number of pyridine rings is 1. The fraction of sp³-hybridized carbons (Fsp3) is 0.292. The fourth-order valence-electron chi connectivity index (χ4n) is 3.80. The van der Waals surface area contributed by atoms with Gasteiger partial charge in [0.25, 0.3) is 0 Å². The van der Waals surface area contributed by atoms with Gasteiger partial charge in [-0.25, -0.2) is 4.39 Å². The predicted molar refractivity (Wildman–Crippen MR) is 109 cm³/mol. The van der Waals surface area contributed by atoms with Crippen LogP contribution >= 0.6 is 0 Å². The van der Waals surface area contributed by atoms with Crippen molar-refractivity contribution in [2.75, 3.05) is 6.61 Å². The number of aromatic nitrogens is 1. The Labute approximate surface area is 165 Å². The molecule has 2 aromatic carbocycles. The third-order valence-corrected chi connectivity index (χ3v) is 5.09. The Hall–Kier alpha value is -2.88. The number of hydrogen-bond acceptors (Lipinski definition) is 3. The summed E-state index contributed by atoms with van der Waals surface area (Å²) >= 11 is 0. The molecule has 0 saturated carbocycles. The van der Waals surface area contributed by atoms with E-state index in [1.165, 1.54) is 36.2 Å². The summed E-state index contributed by atoms with van der Waals surface area (Å²) in [6.07, 6.45) is 4.43. The van der Waals surface area contributed by atoms with Gasteiger partial charge in [-0.1, -0.05) is 12.1 Å². The van der Waals surface area contributed by atoms with Crippen LogP contribution in [0.5, 0.6) is 17.2 Å². The molecule has 0 aliphatic heterocycles. The van der Waals surface area contributed by atoms with Gasteiger partial charge in [0.15, 0.2) is 0 Å². The van der Waals surface area contributed by atoms with Gasteiger partial charge in [0.1, 0.15) is 23.1 Å². The second kappa shape index (κ2) is 8.01. The number of halogens is 1. The number of hydrogen-bond donors (Lipinski definition) is 0. The molecule has 1 aliphatic carbocycles. The molecule has 0 fully saturated rings. The first-order valence-corrected chi connectivity index (χ1v) is 9.84. The fourth-order valence-corrected chi connectivity index (χ4v) is 3.80. The van der Waals surface area contributed by atoms with E-state index in [1.807, 2.05) is 31.2 Å². The number of aryl methyl sites for hydroxylation is 2. The molecule has 3 nitrogen and oxygen atoms in total. The van der Waals surface area contributed by atoms with Crippen molar-refractivity contribution in [3.8, 4) is 28.4 Å². The molecule has 0 unspecified atom stereocenters. The van der Waals surface area contributed by atoms with E-state index in [4.69, 9.17) is 14.5 Å². The Bertz CT molecular complexity index is 965. The van der Waals surface area contributed by atoms with Crippen molar-refractivity contribution in [3.63, 3.8) is 0 Å². The standard InChI is InChI=1S/C24H24FNO2/c1-3-27-24-21-6-4-5-7-22(21)26-16(2)23(24)17-8-12-19(13-9-17)28-20-14-10-18(25)11-15-20/h8-15H,3-7H2,1-2H3. The molecule has 3 aromatic rings. The molecule has 0 amide bonds. The number of benzene rings is 2. The van der Waals surface area contributed by atoms with Crippen molar-refractivity contribution in [2.45, 2.75) is 39.5 Å². The molecule has 1 heterocycles. The monoisotopic (exact) mass is 377 g/mol. The third kappa shape index (κ3) is 3.72. The highest BCUT2D eigenvalue weighted by molar-refractivity contribution is 5.75. The number of rotatable bonds is 5. The van der Waals surface area contributed by atoms with Crippen LogP contribution in [0.15, 0.2) is 48.5 Å². The average molecular weight is 377 g/mol. The summed E-state index contributed by atoms with van der Waals surface area (Å²) in [4.78, 5) is 4.88. The number of fused-ring (bicyclic) bond motifs is 1. The number of ether oxygens (including phenoxy) is 2. The minimum absolute atomic E-state index is 0.276. The summed E-state index contributed by atoms with van der Waals surface area (Å²) in [5.74, 6) is 2.02. The molecule has 144 valence electrons. The maximum atomic E-state index is 13.1. The summed E-state index contributed by atoms with van der Waals surface area (Å²) < 4.78 is 25.0. The van der Waals surface area contributed by atoms with Crippen LogP contribution in [-0.2, 0) is 12.8 Å². The molecular formula is C24H24FNO2. The van der Waals surface area contributed by atoms with Crippen molar-refractivity contribution in [3.05, 3.63) is 71.3 Å². The van der Waals surface area contributed by atoms with Gasteiger partial charge in [0.2, 0.25) is 0 Å². The Balaban J connectivity index is 1.67. The highest BCUT2D eigenvalue weighted by Gasteiger charge is 2.22. The molecule has 0 N–H and O–H groups in total. The first-order valence-electron chi connectivity index (χ1n) is 9.84. The zero-order valence-electron chi connectivity index (χ0n) is 16.3. The van der Waals surface area contributed by atoms with Crippen LogP contribution in [0.4, 0.5) is 4.39 Å². The summed E-state index contributed by atoms with van der Waals surface area (Å²) in [6.45, 7) is 4.71. The lowest BCUT2D eigenvalue weighted by Crippen LogP contribution is -2.11. The van der Waals surface area contributed by atoms with Crippen molar-refractivity contribution >= 4 is 0 Å². The van der Waals surface area contributed by atoms with Crippen LogP contribution in [0.3, 0.4) is 0 Å². The van der Waals surface area contributed by atoms with Crippen LogP contribution < -0.4 is 9.47 Å². The molecule has 0 bridgehead atoms. The van der Waals surface area contributed by atoms with Crippen LogP contribution in [0, 0.1) is 12.7 Å². The van der Waals surface area contributed by atoms with Gasteiger partial charge in [-0.2, -0.15) is 0 Å². The van der Waals surface area contributed by atoms with Gasteiger partial charge in [-0.05, 0) is 81.5 Å². The SMILES string of the molecule is CCOc1c2c(nc(C)c1-c1ccc(Oc3ccc(F)cc3)cc1)CCCC2. The van der Waals surface area contributed by atoms with E-state index in [0.717, 1.165) is 35.4 Å². The molecule has 1 aromatic heterocycles. The molecule has 0 spiro atoms. The lowest BCUT2D eigenvalue weighted by atomic mass is 9.91. The van der Waals surface area contributed by atoms with Crippen LogP contribution in [0.2, 0.25) is 0 Å². The van der Waals surface area contributed by atoms with Gasteiger partial charge < -0.3 is 9.47 Å². The maximum absolute atomic E-state index is 13.1. The Kier molecular flexibility index (Phi) is 5.29. The quantitative estimate of drug-likeness (QED) is 0.525. The molecule has 1 aliphatic rings. The van der Waals surface area contributed by atoms with E-state index in [9.17, 15) is 4.39 Å². The van der Waals surface area contributed by atoms with Gasteiger partial charge >= 0.3 is 0 Å². The first-order chi connectivity index (χ1) is 13.7. The highest BCUT2D eigenvalue weighted by atomic mass is 19.1. The summed E-state index contributed by atoms with van der Waals surface area (Å²) in [7, 11) is 0. The lowest BCUT2D eigenvalue weighted by Gasteiger charge is -2.23. The van der Waals surface area contributed by atoms with Gasteiger partial charge in [0, 0.05) is 22.5 Å². The van der Waals surface area contributed by atoms with E-state index in [2.05, 4.69) is 6.92 Å². The average Bonchev–Trinajstić information content (AvgIpc) is 2.71. The van der Waals surface area contributed by atoms with Gasteiger partial charge in [-0.3, -0.25) is 4.98 Å². The topological polar surface area (TPSA) is 31.4 Å². The van der Waals surface area contributed by atoms with Gasteiger partial charge in [0.05, 0.1) is 6.61 Å². The smallest absolute Gasteiger partial charge is 0.133 e. The van der Waals surface area contributed by atoms with Crippen molar-refractivity contribution in [1.29, 1.82) is 0 Å². The zero-order valence-corrected chi connectivity index (χ0v) is 16.3. The summed E-state index contributed by atoms with van der Waals surface area (Å²) in [6, 6.07) is 13.9. The lowest BCUT2D eigenvalue weighted by molar-refractivity contribution is 0.335. The van der Waals surface area contributed by atoms with Crippen molar-refractivity contribution < 1.29 is 13.9 Å². The molecule has 4 rings (SSSR count). The van der Waals surface area contributed by atoms with Crippen molar-refractivity contribution in [1.82, 2.24) is 4.98 Å². The number of nitrogens with zero attached hydrogens (tertiary/aromatic N) is 1. The molecule has 28 heavy (non-hydrogen) atoms. The zero-order chi connectivity index (χ0) is 19.5. The highest BCUT2D eigenvalue weighted by Crippen LogP contribution is 2.40. The predicted octanol–water partition coefficient (Wildman–Crippen LogP) is 6.27. The largest absolute Gasteiger partial charge is 0.493 e. The Morgan fingerprint density at radius 2 is 1.57 bits per heavy atom. The van der Waals surface area contributed by atoms with Crippen LogP contribution in [-0.4, -0.2) is 11.6 Å². The molecule has 0 saturated heterocycles. The molecule has 0 atom stereocenters. The second-order valence-electron chi connectivity index (χ2n) is 7.05. The third-order valence-electron chi connectivity index (χ3n) is 5.09. The van der Waals surface area contributed by atoms with E-state index in [1.54, 1.807) is 12.1 Å². The van der Waals surface area contributed by atoms with Crippen LogP contribution in [0.1, 0.15) is 36.7 Å². The van der Waals surface area contributed by atoms with Crippen LogP contribution in [0.25, 0.3) is 11.1 Å². The normalized spacial score (nSPS) is 13.1. The van der Waals surface area contributed by atoms with E-state index >= 15 is 0 Å². The second-order valence-corrected chi connectivity index (χ2v) is 7.05. The van der Waals surface area contributed by atoms with E-state index in [0.29, 0.717) is 18.1 Å². The molecule has 4 heteroatoms. The van der Waals surface area contributed by atoms with Crippen molar-refractivity contribution in [2.24, 2.45) is 0 Å².